The highest BCUT2D eigenvalue weighted by Crippen LogP contribution is 2.30. The Labute approximate surface area is 91.5 Å². The van der Waals surface area contributed by atoms with E-state index in [9.17, 15) is 15.2 Å². The molecular formula is C11H10N2O3. The summed E-state index contributed by atoms with van der Waals surface area (Å²) in [4.78, 5) is 14.5. The van der Waals surface area contributed by atoms with Crippen LogP contribution in [0.15, 0.2) is 18.3 Å². The molecule has 0 atom stereocenters. The van der Waals surface area contributed by atoms with E-state index in [4.69, 9.17) is 0 Å². The Hall–Kier alpha value is -2.17. The lowest BCUT2D eigenvalue weighted by Crippen LogP contribution is -1.95. The molecule has 0 saturated carbocycles. The van der Waals surface area contributed by atoms with Crippen molar-refractivity contribution >= 4 is 16.6 Å². The number of aromatic nitrogens is 1. The van der Waals surface area contributed by atoms with Crippen LogP contribution in [0.3, 0.4) is 0 Å². The minimum atomic E-state index is -0.425. The van der Waals surface area contributed by atoms with Crippen molar-refractivity contribution in [2.75, 3.05) is 0 Å². The highest BCUT2D eigenvalue weighted by atomic mass is 16.6. The van der Waals surface area contributed by atoms with Crippen molar-refractivity contribution in [3.63, 3.8) is 0 Å². The van der Waals surface area contributed by atoms with Gasteiger partial charge < -0.3 is 5.11 Å². The second-order valence-corrected chi connectivity index (χ2v) is 3.68. The van der Waals surface area contributed by atoms with Crippen molar-refractivity contribution in [2.45, 2.75) is 13.8 Å². The second kappa shape index (κ2) is 3.44. The summed E-state index contributed by atoms with van der Waals surface area (Å²) in [5.41, 5.74) is 1.99. The maximum Gasteiger partial charge on any atom is 0.273 e. The quantitative estimate of drug-likeness (QED) is 0.589. The lowest BCUT2D eigenvalue weighted by molar-refractivity contribution is -0.385. The molecule has 2 rings (SSSR count). The largest absolute Gasteiger partial charge is 0.506 e. The van der Waals surface area contributed by atoms with E-state index < -0.39 is 4.92 Å². The van der Waals surface area contributed by atoms with Crippen LogP contribution in [0.5, 0.6) is 5.75 Å². The normalized spacial score (nSPS) is 10.6. The average Bonchev–Trinajstić information content (AvgIpc) is 2.22. The predicted molar refractivity (Wildman–Crippen MR) is 59.5 cm³/mol. The average molecular weight is 218 g/mol. The molecule has 1 aromatic carbocycles. The number of aryl methyl sites for hydroxylation is 2. The molecule has 1 aromatic heterocycles. The van der Waals surface area contributed by atoms with Gasteiger partial charge in [-0.3, -0.25) is 15.1 Å². The number of pyridine rings is 1. The lowest BCUT2D eigenvalue weighted by atomic mass is 10.0. The fraction of sp³-hybridized carbons (Fsp3) is 0.182. The molecule has 82 valence electrons. The minimum Gasteiger partial charge on any atom is -0.506 e. The monoisotopic (exact) mass is 218 g/mol. The summed E-state index contributed by atoms with van der Waals surface area (Å²) < 4.78 is 0. The minimum absolute atomic E-state index is 0.00972. The van der Waals surface area contributed by atoms with E-state index in [1.807, 2.05) is 0 Å². The van der Waals surface area contributed by atoms with Crippen molar-refractivity contribution in [1.82, 2.24) is 4.98 Å². The van der Waals surface area contributed by atoms with Crippen molar-refractivity contribution in [1.29, 1.82) is 0 Å². The summed E-state index contributed by atoms with van der Waals surface area (Å²) in [6.45, 7) is 3.42. The van der Waals surface area contributed by atoms with Crippen molar-refractivity contribution < 1.29 is 10.0 Å². The van der Waals surface area contributed by atoms with Crippen LogP contribution >= 0.6 is 0 Å². The Morgan fingerprint density at radius 2 is 2.06 bits per heavy atom. The van der Waals surface area contributed by atoms with Gasteiger partial charge >= 0.3 is 0 Å². The molecule has 0 aliphatic heterocycles. The van der Waals surface area contributed by atoms with Crippen LogP contribution in [0.2, 0.25) is 0 Å². The molecule has 0 aliphatic rings. The third-order valence-corrected chi connectivity index (χ3v) is 2.58. The summed E-state index contributed by atoms with van der Waals surface area (Å²) in [6.07, 6.45) is 1.33. The van der Waals surface area contributed by atoms with Crippen LogP contribution in [-0.2, 0) is 0 Å². The highest BCUT2D eigenvalue weighted by molar-refractivity contribution is 5.89. The molecule has 0 radical (unpaired) electrons. The molecular weight excluding hydrogens is 208 g/mol. The van der Waals surface area contributed by atoms with Crippen LogP contribution < -0.4 is 0 Å². The molecule has 1 N–H and O–H groups in total. The Kier molecular flexibility index (Phi) is 2.23. The fourth-order valence-corrected chi connectivity index (χ4v) is 1.76. The standard InChI is InChI=1S/C11H10N2O3/c1-6-3-10(13(15)16)7(2)9-4-8(14)5-12-11(6)9/h3-5,14H,1-2H3. The van der Waals surface area contributed by atoms with Crippen molar-refractivity contribution in [2.24, 2.45) is 0 Å². The summed E-state index contributed by atoms with van der Waals surface area (Å²) in [5.74, 6) is 0.00972. The van der Waals surface area contributed by atoms with E-state index in [-0.39, 0.29) is 11.4 Å². The van der Waals surface area contributed by atoms with Gasteiger partial charge in [-0.1, -0.05) is 0 Å². The fourth-order valence-electron chi connectivity index (χ4n) is 1.76. The van der Waals surface area contributed by atoms with Gasteiger partial charge in [0.2, 0.25) is 0 Å². The molecule has 5 heteroatoms. The lowest BCUT2D eigenvalue weighted by Gasteiger charge is -2.06. The van der Waals surface area contributed by atoms with Gasteiger partial charge in [0, 0.05) is 17.0 Å². The van der Waals surface area contributed by atoms with E-state index in [1.165, 1.54) is 18.3 Å². The maximum absolute atomic E-state index is 10.8. The second-order valence-electron chi connectivity index (χ2n) is 3.68. The number of benzene rings is 1. The first-order valence-corrected chi connectivity index (χ1v) is 4.74. The molecule has 0 amide bonds. The Bertz CT molecular complexity index is 593. The van der Waals surface area contributed by atoms with Crippen LogP contribution in [0.4, 0.5) is 5.69 Å². The van der Waals surface area contributed by atoms with E-state index in [0.29, 0.717) is 16.5 Å². The van der Waals surface area contributed by atoms with Crippen LogP contribution in [0.1, 0.15) is 11.1 Å². The number of hydrogen-bond acceptors (Lipinski definition) is 4. The molecule has 5 nitrogen and oxygen atoms in total. The van der Waals surface area contributed by atoms with Gasteiger partial charge in [-0.25, -0.2) is 0 Å². The molecule has 0 bridgehead atoms. The van der Waals surface area contributed by atoms with Crippen molar-refractivity contribution in [3.8, 4) is 5.75 Å². The van der Waals surface area contributed by atoms with E-state index in [2.05, 4.69) is 4.98 Å². The topological polar surface area (TPSA) is 76.3 Å². The van der Waals surface area contributed by atoms with E-state index in [1.54, 1.807) is 13.8 Å². The molecule has 1 heterocycles. The zero-order valence-corrected chi connectivity index (χ0v) is 8.89. The molecule has 0 unspecified atom stereocenters. The molecule has 0 saturated heterocycles. The molecule has 16 heavy (non-hydrogen) atoms. The van der Waals surface area contributed by atoms with Gasteiger partial charge in [0.1, 0.15) is 5.75 Å². The molecule has 0 aliphatic carbocycles. The zero-order chi connectivity index (χ0) is 11.9. The van der Waals surface area contributed by atoms with Crippen LogP contribution in [-0.4, -0.2) is 15.0 Å². The number of nitro groups is 1. The Balaban J connectivity index is 2.91. The first kappa shape index (κ1) is 10.4. The predicted octanol–water partition coefficient (Wildman–Crippen LogP) is 2.47. The number of fused-ring (bicyclic) bond motifs is 1. The summed E-state index contributed by atoms with van der Waals surface area (Å²) in [5, 5.41) is 20.8. The number of hydrogen-bond donors (Lipinski definition) is 1. The van der Waals surface area contributed by atoms with E-state index >= 15 is 0 Å². The Morgan fingerprint density at radius 3 is 2.69 bits per heavy atom. The number of nitro benzene ring substituents is 1. The maximum atomic E-state index is 10.8. The first-order valence-electron chi connectivity index (χ1n) is 4.74. The van der Waals surface area contributed by atoms with Gasteiger partial charge in [-0.2, -0.15) is 0 Å². The summed E-state index contributed by atoms with van der Waals surface area (Å²) in [7, 11) is 0. The molecule has 2 aromatic rings. The number of nitrogens with zero attached hydrogens (tertiary/aromatic N) is 2. The van der Waals surface area contributed by atoms with Gasteiger partial charge in [-0.05, 0) is 25.5 Å². The highest BCUT2D eigenvalue weighted by Gasteiger charge is 2.16. The van der Waals surface area contributed by atoms with Gasteiger partial charge in [-0.15, -0.1) is 0 Å². The smallest absolute Gasteiger partial charge is 0.273 e. The van der Waals surface area contributed by atoms with E-state index in [0.717, 1.165) is 5.56 Å². The summed E-state index contributed by atoms with van der Waals surface area (Å²) >= 11 is 0. The van der Waals surface area contributed by atoms with Crippen LogP contribution in [0.25, 0.3) is 10.9 Å². The summed E-state index contributed by atoms with van der Waals surface area (Å²) in [6, 6.07) is 3.00. The van der Waals surface area contributed by atoms with Gasteiger partial charge in [0.05, 0.1) is 16.6 Å². The third-order valence-electron chi connectivity index (χ3n) is 2.58. The SMILES string of the molecule is Cc1c([N+](=O)[O-])cc(C)c2ncc(O)cc12. The molecule has 0 fully saturated rings. The van der Waals surface area contributed by atoms with Crippen LogP contribution in [0, 0.1) is 24.0 Å². The zero-order valence-electron chi connectivity index (χ0n) is 8.89. The van der Waals surface area contributed by atoms with Crippen molar-refractivity contribution in [3.05, 3.63) is 39.6 Å². The third kappa shape index (κ3) is 1.46. The Morgan fingerprint density at radius 1 is 1.38 bits per heavy atom. The first-order chi connectivity index (χ1) is 7.50. The number of aromatic hydroxyl groups is 1. The van der Waals surface area contributed by atoms with Gasteiger partial charge in [0.15, 0.2) is 0 Å². The number of rotatable bonds is 1. The van der Waals surface area contributed by atoms with Gasteiger partial charge in [0.25, 0.3) is 5.69 Å². The molecule has 0 spiro atoms.